The van der Waals surface area contributed by atoms with Gasteiger partial charge in [0, 0.05) is 26.1 Å². The van der Waals surface area contributed by atoms with Crippen molar-refractivity contribution in [3.05, 3.63) is 0 Å². The Morgan fingerprint density at radius 2 is 1.16 bits per heavy atom. The first kappa shape index (κ1) is 30.8. The molecule has 1 N–H and O–H groups in total. The fraction of sp³-hybridized carbons (Fsp3) is 0.917. The lowest BCUT2D eigenvalue weighted by Crippen LogP contribution is -2.28. The average molecular weight is 463 g/mol. The van der Waals surface area contributed by atoms with Gasteiger partial charge < -0.3 is 28.8 Å². The smallest absolute Gasteiger partial charge is 0.305 e. The van der Waals surface area contributed by atoms with E-state index < -0.39 is 12.3 Å². The molecule has 0 heterocycles. The normalized spacial score (nSPS) is 11.2. The highest BCUT2D eigenvalue weighted by molar-refractivity contribution is 5.69. The third-order valence-electron chi connectivity index (χ3n) is 4.75. The van der Waals surface area contributed by atoms with Crippen LogP contribution in [0.15, 0.2) is 0 Å². The minimum atomic E-state index is -0.743. The van der Waals surface area contributed by atoms with Gasteiger partial charge in [-0.15, -0.1) is 0 Å². The zero-order valence-corrected chi connectivity index (χ0v) is 20.3. The van der Waals surface area contributed by atoms with Gasteiger partial charge in [0.2, 0.25) is 0 Å². The molecule has 0 aliphatic carbocycles. The maximum Gasteiger partial charge on any atom is 0.305 e. The predicted octanol–water partition coefficient (Wildman–Crippen LogP) is 4.73. The molecule has 0 fully saturated rings. The van der Waals surface area contributed by atoms with Gasteiger partial charge in [0.15, 0.2) is 6.29 Å². The van der Waals surface area contributed by atoms with Gasteiger partial charge in [-0.2, -0.15) is 0 Å². The number of carboxylic acid groups (broad SMARTS) is 1. The van der Waals surface area contributed by atoms with Crippen LogP contribution in [-0.2, 0) is 33.3 Å². The minimum Gasteiger partial charge on any atom is -0.481 e. The molecule has 8 heteroatoms. The molecule has 0 aromatic rings. The summed E-state index contributed by atoms with van der Waals surface area (Å²) in [6.45, 7) is 7.43. The summed E-state index contributed by atoms with van der Waals surface area (Å²) >= 11 is 0. The standard InChI is InChI=1S/C24H46O8/c1-3-5-15-28-17-19-30-24(31-20-18-29-16-6-4-2)21-32-23(27)14-12-10-8-7-9-11-13-22(25)26/h24H,3-21H2,1-2H3,(H,25,26). The molecule has 0 unspecified atom stereocenters. The Morgan fingerprint density at radius 3 is 1.66 bits per heavy atom. The van der Waals surface area contributed by atoms with Crippen molar-refractivity contribution in [3.63, 3.8) is 0 Å². The molecule has 0 radical (unpaired) electrons. The summed E-state index contributed by atoms with van der Waals surface area (Å²) < 4.78 is 27.7. The van der Waals surface area contributed by atoms with Crippen LogP contribution < -0.4 is 0 Å². The molecule has 0 aliphatic heterocycles. The number of carboxylic acids is 1. The van der Waals surface area contributed by atoms with Gasteiger partial charge in [0.05, 0.1) is 26.4 Å². The van der Waals surface area contributed by atoms with Gasteiger partial charge in [-0.05, 0) is 25.7 Å². The zero-order valence-electron chi connectivity index (χ0n) is 20.3. The second kappa shape index (κ2) is 24.4. The minimum absolute atomic E-state index is 0.0535. The van der Waals surface area contributed by atoms with Gasteiger partial charge in [0.1, 0.15) is 6.61 Å². The van der Waals surface area contributed by atoms with Gasteiger partial charge in [0.25, 0.3) is 0 Å². The van der Waals surface area contributed by atoms with Crippen molar-refractivity contribution < 1.29 is 38.4 Å². The number of aliphatic carboxylic acids is 1. The van der Waals surface area contributed by atoms with Crippen molar-refractivity contribution >= 4 is 11.9 Å². The molecular formula is C24H46O8. The van der Waals surface area contributed by atoms with Crippen molar-refractivity contribution in [2.75, 3.05) is 46.2 Å². The van der Waals surface area contributed by atoms with E-state index in [2.05, 4.69) is 13.8 Å². The van der Waals surface area contributed by atoms with E-state index in [0.717, 1.165) is 57.8 Å². The first-order chi connectivity index (χ1) is 15.6. The van der Waals surface area contributed by atoms with Crippen molar-refractivity contribution in [3.8, 4) is 0 Å². The topological polar surface area (TPSA) is 101 Å². The highest BCUT2D eigenvalue weighted by atomic mass is 16.7. The maximum absolute atomic E-state index is 12.0. The van der Waals surface area contributed by atoms with Crippen LogP contribution in [0.3, 0.4) is 0 Å². The molecule has 0 aromatic heterocycles. The quantitative estimate of drug-likeness (QED) is 0.118. The lowest BCUT2D eigenvalue weighted by molar-refractivity contribution is -0.190. The highest BCUT2D eigenvalue weighted by Crippen LogP contribution is 2.09. The Morgan fingerprint density at radius 1 is 0.656 bits per heavy atom. The van der Waals surface area contributed by atoms with Crippen molar-refractivity contribution in [1.82, 2.24) is 0 Å². The highest BCUT2D eigenvalue weighted by Gasteiger charge is 2.13. The first-order valence-corrected chi connectivity index (χ1v) is 12.4. The molecule has 0 saturated heterocycles. The van der Waals surface area contributed by atoms with Crippen LogP contribution in [0.25, 0.3) is 0 Å². The molecule has 32 heavy (non-hydrogen) atoms. The summed E-state index contributed by atoms with van der Waals surface area (Å²) in [7, 11) is 0. The van der Waals surface area contributed by atoms with Crippen molar-refractivity contribution in [1.29, 1.82) is 0 Å². The molecule has 0 aliphatic rings. The Kier molecular flexibility index (Phi) is 23.5. The Hall–Kier alpha value is -1.22. The molecule has 0 rings (SSSR count). The van der Waals surface area contributed by atoms with E-state index in [4.69, 9.17) is 28.8 Å². The van der Waals surface area contributed by atoms with E-state index in [1.165, 1.54) is 0 Å². The molecule has 0 spiro atoms. The fourth-order valence-electron chi connectivity index (χ4n) is 2.80. The summed E-state index contributed by atoms with van der Waals surface area (Å²) in [5.74, 6) is -1.00. The number of carbonyl (C=O) groups excluding carboxylic acids is 1. The summed E-state index contributed by atoms with van der Waals surface area (Å²) in [6.07, 6.45) is 9.51. The number of unbranched alkanes of at least 4 members (excludes halogenated alkanes) is 7. The number of hydrogen-bond acceptors (Lipinski definition) is 7. The van der Waals surface area contributed by atoms with E-state index >= 15 is 0 Å². The Balaban J connectivity index is 3.93. The molecule has 0 aromatic carbocycles. The van der Waals surface area contributed by atoms with Gasteiger partial charge in [-0.25, -0.2) is 0 Å². The van der Waals surface area contributed by atoms with E-state index in [1.807, 2.05) is 0 Å². The van der Waals surface area contributed by atoms with E-state index in [0.29, 0.717) is 52.5 Å². The second-order valence-electron chi connectivity index (χ2n) is 7.80. The van der Waals surface area contributed by atoms with Crippen LogP contribution in [0.4, 0.5) is 0 Å². The van der Waals surface area contributed by atoms with Crippen LogP contribution >= 0.6 is 0 Å². The fourth-order valence-corrected chi connectivity index (χ4v) is 2.80. The monoisotopic (exact) mass is 462 g/mol. The van der Waals surface area contributed by atoms with Crippen LogP contribution in [0.5, 0.6) is 0 Å². The van der Waals surface area contributed by atoms with Crippen LogP contribution in [-0.4, -0.2) is 69.6 Å². The largest absolute Gasteiger partial charge is 0.481 e. The van der Waals surface area contributed by atoms with Gasteiger partial charge in [-0.1, -0.05) is 52.4 Å². The van der Waals surface area contributed by atoms with E-state index in [9.17, 15) is 9.59 Å². The number of carbonyl (C=O) groups is 2. The first-order valence-electron chi connectivity index (χ1n) is 12.4. The molecule has 8 nitrogen and oxygen atoms in total. The van der Waals surface area contributed by atoms with Crippen LogP contribution in [0.2, 0.25) is 0 Å². The number of ether oxygens (including phenoxy) is 5. The van der Waals surface area contributed by atoms with Crippen LogP contribution in [0.1, 0.15) is 90.9 Å². The predicted molar refractivity (Wildman–Crippen MR) is 123 cm³/mol. The lowest BCUT2D eigenvalue weighted by atomic mass is 10.1. The summed E-state index contributed by atoms with van der Waals surface area (Å²) in [6, 6.07) is 0. The molecule has 0 atom stereocenters. The number of hydrogen-bond donors (Lipinski definition) is 1. The van der Waals surface area contributed by atoms with E-state index in [1.54, 1.807) is 0 Å². The summed E-state index contributed by atoms with van der Waals surface area (Å²) in [5, 5.41) is 8.61. The third kappa shape index (κ3) is 23.4. The lowest BCUT2D eigenvalue weighted by Gasteiger charge is -2.19. The molecule has 0 bridgehead atoms. The second-order valence-corrected chi connectivity index (χ2v) is 7.80. The molecule has 190 valence electrons. The average Bonchev–Trinajstić information content (AvgIpc) is 2.77. The van der Waals surface area contributed by atoms with Gasteiger partial charge >= 0.3 is 11.9 Å². The Labute approximate surface area is 194 Å². The molecule has 0 amide bonds. The number of esters is 1. The van der Waals surface area contributed by atoms with Crippen LogP contribution in [0, 0.1) is 0 Å². The zero-order chi connectivity index (χ0) is 23.7. The van der Waals surface area contributed by atoms with E-state index in [-0.39, 0.29) is 19.0 Å². The van der Waals surface area contributed by atoms with Crippen molar-refractivity contribution in [2.45, 2.75) is 97.2 Å². The van der Waals surface area contributed by atoms with Crippen molar-refractivity contribution in [2.24, 2.45) is 0 Å². The molecule has 0 saturated carbocycles. The Bertz CT molecular complexity index is 414. The maximum atomic E-state index is 12.0. The van der Waals surface area contributed by atoms with Gasteiger partial charge in [-0.3, -0.25) is 9.59 Å². The summed E-state index contributed by atoms with van der Waals surface area (Å²) in [4.78, 5) is 22.5. The SMILES string of the molecule is CCCCOCCOC(COC(=O)CCCCCCCCC(=O)O)OCCOCCCC. The number of rotatable bonds is 25. The third-order valence-corrected chi connectivity index (χ3v) is 4.75. The molecular weight excluding hydrogens is 416 g/mol. The summed E-state index contributed by atoms with van der Waals surface area (Å²) in [5.41, 5.74) is 0.